The van der Waals surface area contributed by atoms with Gasteiger partial charge in [-0.3, -0.25) is 4.79 Å². The van der Waals surface area contributed by atoms with Gasteiger partial charge >= 0.3 is 5.97 Å². The summed E-state index contributed by atoms with van der Waals surface area (Å²) in [5.41, 5.74) is 2.88. The van der Waals surface area contributed by atoms with E-state index in [2.05, 4.69) is 15.3 Å². The molecule has 1 unspecified atom stereocenters. The van der Waals surface area contributed by atoms with E-state index in [0.717, 1.165) is 16.8 Å². The van der Waals surface area contributed by atoms with E-state index in [0.29, 0.717) is 12.2 Å². The first-order valence-corrected chi connectivity index (χ1v) is 7.17. The van der Waals surface area contributed by atoms with Gasteiger partial charge in [-0.1, -0.05) is 12.1 Å². The van der Waals surface area contributed by atoms with E-state index in [1.807, 2.05) is 25.1 Å². The van der Waals surface area contributed by atoms with Crippen LogP contribution in [0.25, 0.3) is 0 Å². The number of carbonyl (C=O) groups excluding carboxylic acids is 1. The first kappa shape index (κ1) is 15.0. The highest BCUT2D eigenvalue weighted by molar-refractivity contribution is 6.00. The molecule has 1 aliphatic heterocycles. The zero-order chi connectivity index (χ0) is 16.6. The Morgan fingerprint density at radius 1 is 1.35 bits per heavy atom. The molecule has 0 spiro atoms. The molecule has 0 saturated carbocycles. The van der Waals surface area contributed by atoms with E-state index in [-0.39, 0.29) is 17.6 Å². The van der Waals surface area contributed by atoms with Crippen LogP contribution >= 0.6 is 0 Å². The average Bonchev–Trinajstić information content (AvgIpc) is 2.82. The number of anilines is 2. The summed E-state index contributed by atoms with van der Waals surface area (Å²) in [7, 11) is 1.77. The molecule has 0 saturated heterocycles. The van der Waals surface area contributed by atoms with Crippen LogP contribution in [0.3, 0.4) is 0 Å². The van der Waals surface area contributed by atoms with Crippen molar-refractivity contribution in [3.8, 4) is 0 Å². The largest absolute Gasteiger partial charge is 0.476 e. The fourth-order valence-corrected chi connectivity index (χ4v) is 2.58. The summed E-state index contributed by atoms with van der Waals surface area (Å²) in [6, 6.07) is 5.86. The van der Waals surface area contributed by atoms with Crippen molar-refractivity contribution in [3.05, 3.63) is 47.4 Å². The van der Waals surface area contributed by atoms with Gasteiger partial charge in [0, 0.05) is 12.7 Å². The highest BCUT2D eigenvalue weighted by Gasteiger charge is 2.24. The number of carboxylic acids is 1. The van der Waals surface area contributed by atoms with Crippen LogP contribution in [-0.2, 0) is 11.2 Å². The van der Waals surface area contributed by atoms with E-state index in [1.165, 1.54) is 12.4 Å². The zero-order valence-electron chi connectivity index (χ0n) is 12.8. The van der Waals surface area contributed by atoms with E-state index in [9.17, 15) is 9.59 Å². The second kappa shape index (κ2) is 5.68. The number of amides is 1. The van der Waals surface area contributed by atoms with Crippen LogP contribution in [0, 0.1) is 0 Å². The number of likely N-dealkylation sites (N-methyl/N-ethyl adjacent to an activating group) is 1. The first-order chi connectivity index (χ1) is 11.0. The van der Waals surface area contributed by atoms with Crippen molar-refractivity contribution in [2.45, 2.75) is 19.4 Å². The van der Waals surface area contributed by atoms with E-state index in [4.69, 9.17) is 5.11 Å². The molecule has 3 rings (SSSR count). The number of benzene rings is 1. The molecule has 0 bridgehead atoms. The van der Waals surface area contributed by atoms with Gasteiger partial charge < -0.3 is 15.3 Å². The number of rotatable bonds is 4. The summed E-state index contributed by atoms with van der Waals surface area (Å²) in [4.78, 5) is 32.0. The lowest BCUT2D eigenvalue weighted by atomic mass is 10.0. The lowest BCUT2D eigenvalue weighted by Gasteiger charge is -2.16. The standard InChI is InChI=1S/C16H16N4O3/c1-9(19-14-8-17-12(7-18-14)16(22)23)10-3-4-13-11(5-10)6-15(21)20(13)2/h3-5,7-9H,6H2,1-2H3,(H,18,19)(H,22,23). The highest BCUT2D eigenvalue weighted by Crippen LogP contribution is 2.30. The normalized spacial score (nSPS) is 14.5. The zero-order valence-corrected chi connectivity index (χ0v) is 12.8. The second-order valence-electron chi connectivity index (χ2n) is 5.48. The van der Waals surface area contributed by atoms with Crippen LogP contribution in [0.4, 0.5) is 11.5 Å². The van der Waals surface area contributed by atoms with Crippen LogP contribution in [0.15, 0.2) is 30.6 Å². The fourth-order valence-electron chi connectivity index (χ4n) is 2.58. The van der Waals surface area contributed by atoms with Gasteiger partial charge in [0.05, 0.1) is 24.9 Å². The van der Waals surface area contributed by atoms with E-state index >= 15 is 0 Å². The number of aromatic carboxylic acids is 1. The fraction of sp³-hybridized carbons (Fsp3) is 0.250. The van der Waals surface area contributed by atoms with Crippen molar-refractivity contribution < 1.29 is 14.7 Å². The number of hydrogen-bond donors (Lipinski definition) is 2. The molecule has 0 aliphatic carbocycles. The number of carbonyl (C=O) groups is 2. The molecule has 0 fully saturated rings. The summed E-state index contributed by atoms with van der Waals surface area (Å²) in [6.07, 6.45) is 3.03. The third-order valence-electron chi connectivity index (χ3n) is 3.92. The Morgan fingerprint density at radius 3 is 2.78 bits per heavy atom. The molecule has 0 radical (unpaired) electrons. The highest BCUT2D eigenvalue weighted by atomic mass is 16.4. The molecule has 7 heteroatoms. The molecule has 2 N–H and O–H groups in total. The predicted molar refractivity (Wildman–Crippen MR) is 84.6 cm³/mol. The number of aromatic nitrogens is 2. The van der Waals surface area contributed by atoms with Crippen molar-refractivity contribution in [1.82, 2.24) is 9.97 Å². The van der Waals surface area contributed by atoms with Crippen molar-refractivity contribution >= 4 is 23.4 Å². The Morgan fingerprint density at radius 2 is 2.13 bits per heavy atom. The molecule has 7 nitrogen and oxygen atoms in total. The monoisotopic (exact) mass is 312 g/mol. The Kier molecular flexibility index (Phi) is 3.69. The predicted octanol–water partition coefficient (Wildman–Crippen LogP) is 1.87. The molecular weight excluding hydrogens is 296 g/mol. The summed E-state index contributed by atoms with van der Waals surface area (Å²) in [6.45, 7) is 1.97. The molecule has 23 heavy (non-hydrogen) atoms. The minimum absolute atomic E-state index is 0.0497. The topological polar surface area (TPSA) is 95.4 Å². The Labute approximate surface area is 133 Å². The SMILES string of the molecule is CC(Nc1cnc(C(=O)O)cn1)c1ccc2c(c1)CC(=O)N2C. The van der Waals surface area contributed by atoms with Crippen molar-refractivity contribution in [2.75, 3.05) is 17.3 Å². The van der Waals surface area contributed by atoms with Crippen LogP contribution in [0.2, 0.25) is 0 Å². The van der Waals surface area contributed by atoms with Gasteiger partial charge in [0.2, 0.25) is 5.91 Å². The van der Waals surface area contributed by atoms with Gasteiger partial charge in [0.15, 0.2) is 5.69 Å². The number of carboxylic acid groups (broad SMARTS) is 1. The van der Waals surface area contributed by atoms with Gasteiger partial charge in [-0.25, -0.2) is 14.8 Å². The summed E-state index contributed by atoms with van der Waals surface area (Å²) < 4.78 is 0. The van der Waals surface area contributed by atoms with Crippen LogP contribution < -0.4 is 10.2 Å². The van der Waals surface area contributed by atoms with Gasteiger partial charge in [0.1, 0.15) is 5.82 Å². The molecule has 1 aromatic heterocycles. The Hall–Kier alpha value is -2.96. The average molecular weight is 312 g/mol. The van der Waals surface area contributed by atoms with Gasteiger partial charge in [-0.15, -0.1) is 0 Å². The maximum atomic E-state index is 11.7. The molecular formula is C16H16N4O3. The molecule has 2 heterocycles. The first-order valence-electron chi connectivity index (χ1n) is 7.17. The summed E-state index contributed by atoms with van der Waals surface area (Å²) in [5, 5.41) is 12.0. The van der Waals surface area contributed by atoms with Crippen molar-refractivity contribution in [2.24, 2.45) is 0 Å². The van der Waals surface area contributed by atoms with Gasteiger partial charge in [-0.05, 0) is 24.1 Å². The summed E-state index contributed by atoms with van der Waals surface area (Å²) >= 11 is 0. The number of nitrogens with one attached hydrogen (secondary N) is 1. The lowest BCUT2D eigenvalue weighted by Crippen LogP contribution is -2.20. The number of fused-ring (bicyclic) bond motifs is 1. The minimum Gasteiger partial charge on any atom is -0.476 e. The lowest BCUT2D eigenvalue weighted by molar-refractivity contribution is -0.117. The molecule has 1 aromatic carbocycles. The van der Waals surface area contributed by atoms with E-state index in [1.54, 1.807) is 11.9 Å². The van der Waals surface area contributed by atoms with Crippen LogP contribution in [0.1, 0.15) is 34.6 Å². The van der Waals surface area contributed by atoms with Gasteiger partial charge in [0.25, 0.3) is 0 Å². The molecule has 1 aliphatic rings. The molecule has 118 valence electrons. The number of hydrogen-bond acceptors (Lipinski definition) is 5. The van der Waals surface area contributed by atoms with Crippen LogP contribution in [-0.4, -0.2) is 34.0 Å². The van der Waals surface area contributed by atoms with E-state index < -0.39 is 5.97 Å². The third-order valence-corrected chi connectivity index (χ3v) is 3.92. The third kappa shape index (κ3) is 2.85. The quantitative estimate of drug-likeness (QED) is 0.895. The van der Waals surface area contributed by atoms with Crippen molar-refractivity contribution in [3.63, 3.8) is 0 Å². The number of nitrogens with zero attached hydrogens (tertiary/aromatic N) is 3. The van der Waals surface area contributed by atoms with Crippen molar-refractivity contribution in [1.29, 1.82) is 0 Å². The Balaban J connectivity index is 1.76. The minimum atomic E-state index is -1.11. The maximum absolute atomic E-state index is 11.7. The Bertz CT molecular complexity index is 773. The second-order valence-corrected chi connectivity index (χ2v) is 5.48. The van der Waals surface area contributed by atoms with Crippen LogP contribution in [0.5, 0.6) is 0 Å². The molecule has 2 aromatic rings. The maximum Gasteiger partial charge on any atom is 0.356 e. The smallest absolute Gasteiger partial charge is 0.356 e. The molecule has 1 amide bonds. The van der Waals surface area contributed by atoms with Gasteiger partial charge in [-0.2, -0.15) is 0 Å². The summed E-state index contributed by atoms with van der Waals surface area (Å²) in [5.74, 6) is -0.520. The molecule has 1 atom stereocenters.